The number of allylic oxidation sites excluding steroid dienone is 2. The van der Waals surface area contributed by atoms with Gasteiger partial charge in [0, 0.05) is 0 Å². The van der Waals surface area contributed by atoms with Crippen LogP contribution in [-0.2, 0) is 9.84 Å². The van der Waals surface area contributed by atoms with Gasteiger partial charge in [-0.15, -0.1) is 0 Å². The van der Waals surface area contributed by atoms with Crippen LogP contribution in [-0.4, -0.2) is 30.1 Å². The summed E-state index contributed by atoms with van der Waals surface area (Å²) in [5, 5.41) is 10.3. The minimum atomic E-state index is -3.06. The Morgan fingerprint density at radius 3 is 2.64 bits per heavy atom. The first-order valence-corrected chi connectivity index (χ1v) is 10.2. The Kier molecular flexibility index (Phi) is 4.86. The van der Waals surface area contributed by atoms with Crippen molar-refractivity contribution in [3.8, 4) is 0 Å². The van der Waals surface area contributed by atoms with E-state index in [0.717, 1.165) is 25.7 Å². The van der Waals surface area contributed by atoms with E-state index in [4.69, 9.17) is 0 Å². The van der Waals surface area contributed by atoms with Gasteiger partial charge in [-0.2, -0.15) is 0 Å². The standard InChI is InChI=1S/C18H32O3S/c1-13(10-12-22(20,21)17(2,3)4)14-8-9-15-16(19)7-6-11-18(14,15)5/h8,13,15-16,19H,6-7,9-12H2,1-5H3/t13-,15+,16+,18-/m1/s1. The third-order valence-electron chi connectivity index (χ3n) is 6.01. The number of sulfone groups is 1. The maximum atomic E-state index is 12.3. The molecule has 4 heteroatoms. The van der Waals surface area contributed by atoms with Gasteiger partial charge >= 0.3 is 0 Å². The van der Waals surface area contributed by atoms with Gasteiger partial charge in [0.05, 0.1) is 16.6 Å². The molecule has 0 bridgehead atoms. The van der Waals surface area contributed by atoms with Gasteiger partial charge in [-0.05, 0) is 70.1 Å². The average molecular weight is 329 g/mol. The first kappa shape index (κ1) is 18.0. The predicted octanol–water partition coefficient (Wildman–Crippen LogP) is 3.72. The van der Waals surface area contributed by atoms with Crippen LogP contribution in [0.25, 0.3) is 0 Å². The van der Waals surface area contributed by atoms with Crippen molar-refractivity contribution < 1.29 is 13.5 Å². The second-order valence-electron chi connectivity index (χ2n) is 8.50. The van der Waals surface area contributed by atoms with Gasteiger partial charge in [0.1, 0.15) is 0 Å². The van der Waals surface area contributed by atoms with E-state index in [1.807, 2.05) is 0 Å². The molecule has 2 rings (SSSR count). The lowest BCUT2D eigenvalue weighted by molar-refractivity contribution is 0.00792. The molecule has 0 aromatic carbocycles. The van der Waals surface area contributed by atoms with Gasteiger partial charge in [0.25, 0.3) is 0 Å². The lowest BCUT2D eigenvalue weighted by atomic mass is 9.63. The van der Waals surface area contributed by atoms with Crippen molar-refractivity contribution >= 4 is 9.84 Å². The SMILES string of the molecule is C[C@H](CCS(=O)(=O)C(C)(C)C)C1=CC[C@H]2[C@@H](O)CCC[C@]12C. The van der Waals surface area contributed by atoms with Crippen molar-refractivity contribution in [2.24, 2.45) is 17.3 Å². The Balaban J connectivity index is 2.07. The molecule has 1 saturated carbocycles. The topological polar surface area (TPSA) is 54.4 Å². The van der Waals surface area contributed by atoms with E-state index in [-0.39, 0.29) is 23.2 Å². The highest BCUT2D eigenvalue weighted by molar-refractivity contribution is 7.92. The van der Waals surface area contributed by atoms with Gasteiger partial charge in [-0.25, -0.2) is 8.42 Å². The van der Waals surface area contributed by atoms with Crippen molar-refractivity contribution in [3.63, 3.8) is 0 Å². The molecule has 3 nitrogen and oxygen atoms in total. The summed E-state index contributed by atoms with van der Waals surface area (Å²) < 4.78 is 24.0. The maximum absolute atomic E-state index is 12.3. The summed E-state index contributed by atoms with van der Waals surface area (Å²) in [7, 11) is -3.06. The number of fused-ring (bicyclic) bond motifs is 1. The molecular formula is C18H32O3S. The summed E-state index contributed by atoms with van der Waals surface area (Å²) in [6.45, 7) is 9.75. The molecule has 4 atom stereocenters. The third kappa shape index (κ3) is 3.14. The van der Waals surface area contributed by atoms with Crippen LogP contribution in [0, 0.1) is 17.3 Å². The summed E-state index contributed by atoms with van der Waals surface area (Å²) in [5.74, 6) is 0.855. The minimum absolute atomic E-state index is 0.0720. The minimum Gasteiger partial charge on any atom is -0.393 e. The summed E-state index contributed by atoms with van der Waals surface area (Å²) in [6, 6.07) is 0. The first-order chi connectivity index (χ1) is 9.99. The highest BCUT2D eigenvalue weighted by Crippen LogP contribution is 2.55. The molecule has 0 saturated heterocycles. The van der Waals surface area contributed by atoms with Crippen molar-refractivity contribution in [2.75, 3.05) is 5.75 Å². The fourth-order valence-corrected chi connectivity index (χ4v) is 5.59. The second-order valence-corrected chi connectivity index (χ2v) is 11.4. The van der Waals surface area contributed by atoms with Gasteiger partial charge in [0.2, 0.25) is 0 Å². The molecule has 0 amide bonds. The first-order valence-electron chi connectivity index (χ1n) is 8.60. The molecule has 2 aliphatic rings. The van der Waals surface area contributed by atoms with Crippen LogP contribution in [0.4, 0.5) is 0 Å². The van der Waals surface area contributed by atoms with E-state index < -0.39 is 14.6 Å². The molecule has 22 heavy (non-hydrogen) atoms. The van der Waals surface area contributed by atoms with Crippen molar-refractivity contribution in [1.82, 2.24) is 0 Å². The van der Waals surface area contributed by atoms with Gasteiger partial charge in [-0.1, -0.05) is 25.5 Å². The monoisotopic (exact) mass is 328 g/mol. The van der Waals surface area contributed by atoms with Crippen molar-refractivity contribution in [3.05, 3.63) is 11.6 Å². The largest absolute Gasteiger partial charge is 0.393 e. The van der Waals surface area contributed by atoms with Crippen LogP contribution in [0.5, 0.6) is 0 Å². The zero-order valence-corrected chi connectivity index (χ0v) is 15.5. The zero-order chi connectivity index (χ0) is 16.8. The Bertz CT molecular complexity index is 541. The number of aliphatic hydroxyl groups excluding tert-OH is 1. The van der Waals surface area contributed by atoms with E-state index in [2.05, 4.69) is 19.9 Å². The van der Waals surface area contributed by atoms with Crippen LogP contribution < -0.4 is 0 Å². The van der Waals surface area contributed by atoms with Crippen LogP contribution in [0.2, 0.25) is 0 Å². The number of aliphatic hydroxyl groups is 1. The molecule has 0 radical (unpaired) electrons. The molecule has 0 aromatic rings. The molecule has 1 N–H and O–H groups in total. The van der Waals surface area contributed by atoms with Crippen LogP contribution >= 0.6 is 0 Å². The fourth-order valence-electron chi connectivity index (χ4n) is 4.31. The molecule has 0 spiro atoms. The third-order valence-corrected chi connectivity index (χ3v) is 8.65. The van der Waals surface area contributed by atoms with Crippen LogP contribution in [0.15, 0.2) is 11.6 Å². The Labute approximate surface area is 136 Å². The molecule has 0 aromatic heterocycles. The van der Waals surface area contributed by atoms with Crippen LogP contribution in [0.1, 0.15) is 66.7 Å². The highest BCUT2D eigenvalue weighted by Gasteiger charge is 2.47. The smallest absolute Gasteiger partial charge is 0.155 e. The average Bonchev–Trinajstić information content (AvgIpc) is 2.73. The number of hydrogen-bond donors (Lipinski definition) is 1. The van der Waals surface area contributed by atoms with Gasteiger partial charge < -0.3 is 5.11 Å². The lowest BCUT2D eigenvalue weighted by Crippen LogP contribution is -2.39. The van der Waals surface area contributed by atoms with Crippen molar-refractivity contribution in [1.29, 1.82) is 0 Å². The molecule has 0 unspecified atom stereocenters. The normalized spacial score (nSPS) is 34.2. The summed E-state index contributed by atoms with van der Waals surface area (Å²) in [5.41, 5.74) is 1.46. The molecule has 128 valence electrons. The molecule has 1 fully saturated rings. The van der Waals surface area contributed by atoms with Gasteiger partial charge in [0.15, 0.2) is 9.84 Å². The summed E-state index contributed by atoms with van der Waals surface area (Å²) in [4.78, 5) is 0. The molecule has 0 aliphatic heterocycles. The highest BCUT2D eigenvalue weighted by atomic mass is 32.2. The quantitative estimate of drug-likeness (QED) is 0.800. The summed E-state index contributed by atoms with van der Waals surface area (Å²) >= 11 is 0. The van der Waals surface area contributed by atoms with Crippen LogP contribution in [0.3, 0.4) is 0 Å². The van der Waals surface area contributed by atoms with E-state index in [0.29, 0.717) is 12.3 Å². The molecule has 2 aliphatic carbocycles. The predicted molar refractivity (Wildman–Crippen MR) is 91.5 cm³/mol. The number of rotatable bonds is 4. The van der Waals surface area contributed by atoms with Crippen molar-refractivity contribution in [2.45, 2.75) is 77.6 Å². The Morgan fingerprint density at radius 1 is 1.41 bits per heavy atom. The number of hydrogen-bond acceptors (Lipinski definition) is 3. The second kappa shape index (κ2) is 5.94. The maximum Gasteiger partial charge on any atom is 0.155 e. The fraction of sp³-hybridized carbons (Fsp3) is 0.889. The summed E-state index contributed by atoms with van der Waals surface area (Å²) in [6.07, 6.45) is 6.82. The van der Waals surface area contributed by atoms with Gasteiger partial charge in [-0.3, -0.25) is 0 Å². The van der Waals surface area contributed by atoms with E-state index in [1.165, 1.54) is 5.57 Å². The lowest BCUT2D eigenvalue weighted by Gasteiger charge is -2.43. The Hall–Kier alpha value is -0.350. The zero-order valence-electron chi connectivity index (χ0n) is 14.7. The van der Waals surface area contributed by atoms with E-state index in [1.54, 1.807) is 20.8 Å². The molecular weight excluding hydrogens is 296 g/mol. The molecule has 0 heterocycles. The van der Waals surface area contributed by atoms with E-state index >= 15 is 0 Å². The Morgan fingerprint density at radius 2 is 2.05 bits per heavy atom. The van der Waals surface area contributed by atoms with E-state index in [9.17, 15) is 13.5 Å².